The van der Waals surface area contributed by atoms with Crippen LogP contribution in [0.5, 0.6) is 0 Å². The molecular formula is C21H35IN4O3S. The molecule has 0 spiro atoms. The second-order valence-corrected chi connectivity index (χ2v) is 11.2. The van der Waals surface area contributed by atoms with E-state index < -0.39 is 14.6 Å². The monoisotopic (exact) mass is 550 g/mol. The van der Waals surface area contributed by atoms with Crippen LogP contribution >= 0.6 is 24.0 Å². The highest BCUT2D eigenvalue weighted by atomic mass is 127. The molecule has 170 valence electrons. The third kappa shape index (κ3) is 6.08. The van der Waals surface area contributed by atoms with E-state index in [0.717, 1.165) is 45.3 Å². The molecule has 2 aliphatic rings. The Bertz CT molecular complexity index is 817. The summed E-state index contributed by atoms with van der Waals surface area (Å²) in [5.74, 6) is 0.766. The molecule has 0 saturated carbocycles. The van der Waals surface area contributed by atoms with Crippen molar-refractivity contribution in [2.75, 3.05) is 45.6 Å². The van der Waals surface area contributed by atoms with Crippen molar-refractivity contribution in [2.24, 2.45) is 4.99 Å². The van der Waals surface area contributed by atoms with Gasteiger partial charge in [-0.15, -0.1) is 24.0 Å². The number of fused-ring (bicyclic) bond motifs is 1. The number of guanidine groups is 1. The Labute approximate surface area is 198 Å². The summed E-state index contributed by atoms with van der Waals surface area (Å²) in [6.45, 7) is 10.6. The standard InChI is InChI=1S/C21H34N4O3S.HI/c1-5-22-20(23-16-21(2,3)29(4,26)27)25-14-18-19(15-25)28-12-11-24(18)13-17-9-7-6-8-10-17;/h6-10,18-19H,5,11-16H2,1-4H3,(H,22,23);1H. The van der Waals surface area contributed by atoms with E-state index in [9.17, 15) is 8.42 Å². The zero-order chi connectivity index (χ0) is 21.1. The fourth-order valence-electron chi connectivity index (χ4n) is 3.75. The minimum Gasteiger partial charge on any atom is -0.373 e. The van der Waals surface area contributed by atoms with Crippen LogP contribution in [0.15, 0.2) is 35.3 Å². The van der Waals surface area contributed by atoms with Gasteiger partial charge in [-0.2, -0.15) is 0 Å². The molecule has 0 amide bonds. The van der Waals surface area contributed by atoms with Crippen molar-refractivity contribution in [3.8, 4) is 0 Å². The van der Waals surface area contributed by atoms with Gasteiger partial charge in [0.05, 0.1) is 30.0 Å². The van der Waals surface area contributed by atoms with Crippen LogP contribution in [0.4, 0.5) is 0 Å². The van der Waals surface area contributed by atoms with Gasteiger partial charge in [-0.05, 0) is 26.3 Å². The third-order valence-corrected chi connectivity index (χ3v) is 8.03. The second kappa shape index (κ2) is 10.6. The number of rotatable bonds is 6. The van der Waals surface area contributed by atoms with Gasteiger partial charge in [0, 0.05) is 39.0 Å². The van der Waals surface area contributed by atoms with Crippen LogP contribution in [0.25, 0.3) is 0 Å². The van der Waals surface area contributed by atoms with E-state index in [1.165, 1.54) is 11.8 Å². The van der Waals surface area contributed by atoms with E-state index in [0.29, 0.717) is 6.04 Å². The average Bonchev–Trinajstić information content (AvgIpc) is 3.10. The van der Waals surface area contributed by atoms with Crippen LogP contribution in [-0.2, 0) is 21.1 Å². The molecule has 1 N–H and O–H groups in total. The molecule has 1 aromatic rings. The van der Waals surface area contributed by atoms with E-state index in [1.807, 2.05) is 13.0 Å². The van der Waals surface area contributed by atoms with Crippen molar-refractivity contribution in [3.05, 3.63) is 35.9 Å². The normalized spacial score (nSPS) is 23.1. The van der Waals surface area contributed by atoms with Crippen LogP contribution in [0, 0.1) is 0 Å². The first-order chi connectivity index (χ1) is 13.7. The first kappa shape index (κ1) is 25.4. The van der Waals surface area contributed by atoms with E-state index in [-0.39, 0.29) is 36.6 Å². The molecule has 9 heteroatoms. The zero-order valence-corrected chi connectivity index (χ0v) is 21.5. The number of aliphatic imine (C=N–C) groups is 1. The number of hydrogen-bond donors (Lipinski definition) is 1. The van der Waals surface area contributed by atoms with Gasteiger partial charge >= 0.3 is 0 Å². The van der Waals surface area contributed by atoms with E-state index in [2.05, 4.69) is 44.4 Å². The summed E-state index contributed by atoms with van der Waals surface area (Å²) < 4.78 is 29.2. The Morgan fingerprint density at radius 3 is 2.60 bits per heavy atom. The first-order valence-electron chi connectivity index (χ1n) is 10.3. The number of hydrogen-bond acceptors (Lipinski definition) is 5. The summed E-state index contributed by atoms with van der Waals surface area (Å²) in [7, 11) is -3.19. The molecule has 2 atom stereocenters. The lowest BCUT2D eigenvalue weighted by molar-refractivity contribution is -0.0502. The maximum Gasteiger partial charge on any atom is 0.194 e. The Morgan fingerprint density at radius 1 is 1.27 bits per heavy atom. The largest absolute Gasteiger partial charge is 0.373 e. The fraction of sp³-hybridized carbons (Fsp3) is 0.667. The topological polar surface area (TPSA) is 74.2 Å². The maximum absolute atomic E-state index is 12.0. The molecule has 2 saturated heterocycles. The zero-order valence-electron chi connectivity index (χ0n) is 18.4. The number of halogens is 1. The van der Waals surface area contributed by atoms with Crippen LogP contribution < -0.4 is 5.32 Å². The number of nitrogens with zero attached hydrogens (tertiary/aromatic N) is 3. The lowest BCUT2D eigenvalue weighted by Crippen LogP contribution is -2.50. The molecule has 30 heavy (non-hydrogen) atoms. The van der Waals surface area contributed by atoms with Crippen molar-refractivity contribution >= 4 is 39.8 Å². The highest BCUT2D eigenvalue weighted by Crippen LogP contribution is 2.25. The van der Waals surface area contributed by atoms with Crippen molar-refractivity contribution in [1.29, 1.82) is 0 Å². The quantitative estimate of drug-likeness (QED) is 0.332. The van der Waals surface area contributed by atoms with Gasteiger partial charge in [0.1, 0.15) is 0 Å². The summed E-state index contributed by atoms with van der Waals surface area (Å²) >= 11 is 0. The Hall–Kier alpha value is -0.910. The number of sulfone groups is 1. The first-order valence-corrected chi connectivity index (χ1v) is 12.2. The number of morpholine rings is 1. The number of benzene rings is 1. The summed E-state index contributed by atoms with van der Waals surface area (Å²) in [6.07, 6.45) is 1.41. The van der Waals surface area contributed by atoms with Gasteiger partial charge in [-0.3, -0.25) is 9.89 Å². The maximum atomic E-state index is 12.0. The molecule has 0 radical (unpaired) electrons. The number of nitrogens with one attached hydrogen (secondary N) is 1. The summed E-state index contributed by atoms with van der Waals surface area (Å²) in [5, 5.41) is 3.33. The molecule has 0 bridgehead atoms. The predicted molar refractivity (Wildman–Crippen MR) is 132 cm³/mol. The van der Waals surface area contributed by atoms with Crippen molar-refractivity contribution < 1.29 is 13.2 Å². The van der Waals surface area contributed by atoms with E-state index in [1.54, 1.807) is 13.8 Å². The van der Waals surface area contributed by atoms with Crippen molar-refractivity contribution in [2.45, 2.75) is 44.2 Å². The average molecular weight is 551 g/mol. The molecule has 0 aromatic heterocycles. The second-order valence-electron chi connectivity index (χ2n) is 8.54. The molecule has 2 heterocycles. The lowest BCUT2D eigenvalue weighted by atomic mass is 10.1. The number of likely N-dealkylation sites (tertiary alicyclic amines) is 1. The van der Waals surface area contributed by atoms with Gasteiger partial charge < -0.3 is 15.0 Å². The Balaban J connectivity index is 0.00000320. The van der Waals surface area contributed by atoms with Gasteiger partial charge in [-0.1, -0.05) is 30.3 Å². The third-order valence-electron chi connectivity index (χ3n) is 5.89. The van der Waals surface area contributed by atoms with E-state index >= 15 is 0 Å². The van der Waals surface area contributed by atoms with Crippen molar-refractivity contribution in [3.63, 3.8) is 0 Å². The summed E-state index contributed by atoms with van der Waals surface area (Å²) in [4.78, 5) is 9.38. The molecule has 2 fully saturated rings. The number of ether oxygens (including phenoxy) is 1. The van der Waals surface area contributed by atoms with Crippen LogP contribution in [0.1, 0.15) is 26.3 Å². The smallest absolute Gasteiger partial charge is 0.194 e. The van der Waals surface area contributed by atoms with Crippen LogP contribution in [0.3, 0.4) is 0 Å². The lowest BCUT2D eigenvalue weighted by Gasteiger charge is -2.36. The Morgan fingerprint density at radius 2 is 1.97 bits per heavy atom. The Kier molecular flexibility index (Phi) is 8.96. The molecule has 7 nitrogen and oxygen atoms in total. The molecule has 2 aliphatic heterocycles. The van der Waals surface area contributed by atoms with Crippen molar-refractivity contribution in [1.82, 2.24) is 15.1 Å². The van der Waals surface area contributed by atoms with Crippen LogP contribution in [0.2, 0.25) is 0 Å². The highest BCUT2D eigenvalue weighted by Gasteiger charge is 2.41. The van der Waals surface area contributed by atoms with E-state index in [4.69, 9.17) is 4.74 Å². The molecule has 0 aliphatic carbocycles. The fourth-order valence-corrected chi connectivity index (χ4v) is 4.05. The van der Waals surface area contributed by atoms with Crippen LogP contribution in [-0.4, -0.2) is 86.7 Å². The van der Waals surface area contributed by atoms with Gasteiger partial charge in [0.15, 0.2) is 15.8 Å². The molecule has 3 rings (SSSR count). The summed E-state index contributed by atoms with van der Waals surface area (Å²) in [5.41, 5.74) is 1.31. The van der Waals surface area contributed by atoms with Gasteiger partial charge in [0.25, 0.3) is 0 Å². The molecular weight excluding hydrogens is 515 g/mol. The molecule has 2 unspecified atom stereocenters. The summed E-state index contributed by atoms with van der Waals surface area (Å²) in [6, 6.07) is 10.8. The highest BCUT2D eigenvalue weighted by molar-refractivity contribution is 14.0. The minimum atomic E-state index is -3.19. The van der Waals surface area contributed by atoms with Gasteiger partial charge in [0.2, 0.25) is 0 Å². The molecule has 1 aromatic carbocycles. The minimum absolute atomic E-state index is 0. The SMILES string of the molecule is CCNC(=NCC(C)(C)S(C)(=O)=O)N1CC2OCCN(Cc3ccccc3)C2C1.I. The van der Waals surface area contributed by atoms with Gasteiger partial charge in [-0.25, -0.2) is 8.42 Å². The predicted octanol–water partition coefficient (Wildman–Crippen LogP) is 1.98.